The number of nitrogens with zero attached hydrogens (tertiary/aromatic N) is 2. The molecule has 0 amide bonds. The van der Waals surface area contributed by atoms with E-state index in [9.17, 15) is 22.4 Å². The van der Waals surface area contributed by atoms with Gasteiger partial charge in [-0.05, 0) is 23.8 Å². The Morgan fingerprint density at radius 3 is 2.69 bits per heavy atom. The summed E-state index contributed by atoms with van der Waals surface area (Å²) in [7, 11) is 0. The fourth-order valence-electron chi connectivity index (χ4n) is 3.08. The second kappa shape index (κ2) is 5.69. The van der Waals surface area contributed by atoms with Crippen molar-refractivity contribution >= 4 is 28.4 Å². The maximum atomic E-state index is 13.9. The van der Waals surface area contributed by atoms with Gasteiger partial charge in [-0.25, -0.2) is 9.37 Å². The predicted octanol–water partition coefficient (Wildman–Crippen LogP) is 4.29. The molecule has 132 valence electrons. The van der Waals surface area contributed by atoms with Crippen LogP contribution in [0.2, 0.25) is 0 Å². The summed E-state index contributed by atoms with van der Waals surface area (Å²) < 4.78 is 55.3. The van der Waals surface area contributed by atoms with Crippen LogP contribution in [0.3, 0.4) is 0 Å². The van der Waals surface area contributed by atoms with E-state index in [0.29, 0.717) is 11.6 Å². The maximum absolute atomic E-state index is 13.9. The van der Waals surface area contributed by atoms with Crippen molar-refractivity contribution in [1.82, 2.24) is 9.38 Å². The first-order chi connectivity index (χ1) is 12.3. The van der Waals surface area contributed by atoms with Gasteiger partial charge in [0.15, 0.2) is 11.6 Å². The fraction of sp³-hybridized carbons (Fsp3) is 0.111. The zero-order valence-electron chi connectivity index (χ0n) is 13.1. The number of hydrogen-bond acceptors (Lipinski definition) is 3. The van der Waals surface area contributed by atoms with Crippen molar-refractivity contribution in [3.05, 3.63) is 65.9 Å². The molecule has 3 aromatic rings. The lowest BCUT2D eigenvalue weighted by molar-refractivity contribution is -0.114. The third-order valence-electron chi connectivity index (χ3n) is 4.17. The van der Waals surface area contributed by atoms with Gasteiger partial charge in [0.25, 0.3) is 0 Å². The van der Waals surface area contributed by atoms with Crippen LogP contribution in [0.5, 0.6) is 0 Å². The molecule has 0 aliphatic heterocycles. The van der Waals surface area contributed by atoms with E-state index in [4.69, 9.17) is 0 Å². The lowest BCUT2D eigenvalue weighted by Gasteiger charge is -2.16. The van der Waals surface area contributed by atoms with Gasteiger partial charge in [-0.2, -0.15) is 13.2 Å². The van der Waals surface area contributed by atoms with Gasteiger partial charge >= 0.3 is 6.18 Å². The molecule has 26 heavy (non-hydrogen) atoms. The van der Waals surface area contributed by atoms with Crippen LogP contribution in [0.15, 0.2) is 48.9 Å². The lowest BCUT2D eigenvalue weighted by atomic mass is 9.92. The summed E-state index contributed by atoms with van der Waals surface area (Å²) in [6, 6.07) is 5.88. The highest BCUT2D eigenvalue weighted by atomic mass is 19.4. The monoisotopic (exact) mass is 361 g/mol. The molecule has 0 fully saturated rings. The molecule has 0 unspecified atom stereocenters. The van der Waals surface area contributed by atoms with Crippen LogP contribution in [0.25, 0.3) is 11.1 Å². The van der Waals surface area contributed by atoms with Gasteiger partial charge in [-0.15, -0.1) is 0 Å². The Labute approximate surface area is 144 Å². The number of para-hydroxylation sites is 1. The molecule has 4 nitrogen and oxygen atoms in total. The molecule has 0 atom stereocenters. The third kappa shape index (κ3) is 2.63. The highest BCUT2D eigenvalue weighted by Crippen LogP contribution is 2.41. The molecule has 0 bridgehead atoms. The van der Waals surface area contributed by atoms with Crippen molar-refractivity contribution in [2.75, 3.05) is 5.32 Å². The van der Waals surface area contributed by atoms with Gasteiger partial charge in [-0.1, -0.05) is 12.1 Å². The number of benzene rings is 1. The van der Waals surface area contributed by atoms with Crippen LogP contribution in [-0.2, 0) is 11.2 Å². The number of aromatic nitrogens is 2. The Morgan fingerprint density at radius 2 is 1.96 bits per heavy atom. The standard InChI is InChI=1S/C18H11F4N3O/c19-14-3-1-2-4-15(14)24-17-16-11-7-10(26)8-13(18(20,21)22)12(11)9-25(16)6-5-23-17/h1-6,8-9H,7H2,(H,23,24). The first-order valence-corrected chi connectivity index (χ1v) is 7.67. The van der Waals surface area contributed by atoms with Crippen LogP contribution >= 0.6 is 0 Å². The summed E-state index contributed by atoms with van der Waals surface area (Å²) in [5, 5.41) is 2.80. The molecule has 0 radical (unpaired) electrons. The number of allylic oxidation sites excluding steroid dienone is 2. The topological polar surface area (TPSA) is 46.4 Å². The molecule has 1 aliphatic carbocycles. The fourth-order valence-corrected chi connectivity index (χ4v) is 3.08. The number of ketones is 1. The summed E-state index contributed by atoms with van der Waals surface area (Å²) in [6.45, 7) is 0. The summed E-state index contributed by atoms with van der Waals surface area (Å²) >= 11 is 0. The largest absolute Gasteiger partial charge is 0.417 e. The highest BCUT2D eigenvalue weighted by Gasteiger charge is 2.40. The highest BCUT2D eigenvalue weighted by molar-refractivity contribution is 6.05. The van der Waals surface area contributed by atoms with E-state index in [2.05, 4.69) is 10.3 Å². The van der Waals surface area contributed by atoms with E-state index in [0.717, 1.165) is 0 Å². The number of nitrogens with one attached hydrogen (secondary N) is 1. The second-order valence-corrected chi connectivity index (χ2v) is 5.86. The van der Waals surface area contributed by atoms with Crippen LogP contribution in [-0.4, -0.2) is 21.3 Å². The number of halogens is 4. The molecule has 4 rings (SSSR count). The zero-order valence-corrected chi connectivity index (χ0v) is 13.1. The Balaban J connectivity index is 1.91. The zero-order chi connectivity index (χ0) is 18.5. The minimum atomic E-state index is -4.65. The Hall–Kier alpha value is -3.16. The first-order valence-electron chi connectivity index (χ1n) is 7.67. The normalized spacial score (nSPS) is 14.3. The van der Waals surface area contributed by atoms with Crippen molar-refractivity contribution in [3.63, 3.8) is 0 Å². The lowest BCUT2D eigenvalue weighted by Crippen LogP contribution is -2.18. The number of alkyl halides is 3. The second-order valence-electron chi connectivity index (χ2n) is 5.86. The summed E-state index contributed by atoms with van der Waals surface area (Å²) in [5.74, 6) is -0.989. The molecular formula is C18H11F4N3O. The molecule has 8 heteroatoms. The van der Waals surface area contributed by atoms with Gasteiger partial charge in [0.1, 0.15) is 5.82 Å². The van der Waals surface area contributed by atoms with Crippen molar-refractivity contribution < 1.29 is 22.4 Å². The van der Waals surface area contributed by atoms with Gasteiger partial charge in [0, 0.05) is 30.6 Å². The molecule has 0 saturated carbocycles. The van der Waals surface area contributed by atoms with E-state index in [1.54, 1.807) is 6.07 Å². The number of carbonyl (C=O) groups is 1. The van der Waals surface area contributed by atoms with Crippen LogP contribution in [0.4, 0.5) is 29.1 Å². The van der Waals surface area contributed by atoms with Crippen molar-refractivity contribution in [3.8, 4) is 0 Å². The van der Waals surface area contributed by atoms with E-state index in [1.807, 2.05) is 0 Å². The maximum Gasteiger partial charge on any atom is 0.417 e. The average Bonchev–Trinajstić information content (AvgIpc) is 2.94. The van der Waals surface area contributed by atoms with Gasteiger partial charge in [0.05, 0.1) is 16.8 Å². The molecule has 1 N–H and O–H groups in total. The Bertz CT molecular complexity index is 1070. The van der Waals surface area contributed by atoms with Crippen LogP contribution in [0, 0.1) is 5.82 Å². The van der Waals surface area contributed by atoms with E-state index < -0.39 is 23.3 Å². The number of rotatable bonds is 2. The Kier molecular flexibility index (Phi) is 3.57. The number of carbonyl (C=O) groups excluding carboxylic acids is 1. The smallest absolute Gasteiger partial charge is 0.336 e. The molecule has 0 spiro atoms. The van der Waals surface area contributed by atoms with Crippen LogP contribution < -0.4 is 5.32 Å². The minimum Gasteiger partial charge on any atom is -0.336 e. The number of anilines is 2. The van der Waals surface area contributed by atoms with E-state index in [1.165, 1.54) is 41.2 Å². The molecular weight excluding hydrogens is 350 g/mol. The molecule has 1 aromatic carbocycles. The van der Waals surface area contributed by atoms with Gasteiger partial charge in [0.2, 0.25) is 0 Å². The minimum absolute atomic E-state index is 0.0679. The SMILES string of the molecule is O=C1C=C(C(F)(F)F)c2cn3ccnc(Nc4ccccc4F)c3c2C1. The van der Waals surface area contributed by atoms with E-state index >= 15 is 0 Å². The number of hydrogen-bond donors (Lipinski definition) is 1. The van der Waals surface area contributed by atoms with Gasteiger partial charge < -0.3 is 9.72 Å². The molecule has 2 heterocycles. The van der Waals surface area contributed by atoms with Crippen molar-refractivity contribution in [2.45, 2.75) is 12.6 Å². The average molecular weight is 361 g/mol. The molecule has 1 aliphatic rings. The number of fused-ring (bicyclic) bond motifs is 3. The van der Waals surface area contributed by atoms with Crippen molar-refractivity contribution in [1.29, 1.82) is 0 Å². The molecule has 0 saturated heterocycles. The molecule has 2 aromatic heterocycles. The summed E-state index contributed by atoms with van der Waals surface area (Å²) in [4.78, 5) is 16.0. The summed E-state index contributed by atoms with van der Waals surface area (Å²) in [6.07, 6.45) is -0.0196. The van der Waals surface area contributed by atoms with Crippen molar-refractivity contribution in [2.24, 2.45) is 0 Å². The summed E-state index contributed by atoms with van der Waals surface area (Å²) in [5.41, 5.74) is -0.381. The van der Waals surface area contributed by atoms with E-state index in [-0.39, 0.29) is 29.1 Å². The predicted molar refractivity (Wildman–Crippen MR) is 87.6 cm³/mol. The van der Waals surface area contributed by atoms with Gasteiger partial charge in [-0.3, -0.25) is 4.79 Å². The first kappa shape index (κ1) is 16.3. The Morgan fingerprint density at radius 1 is 1.19 bits per heavy atom. The quantitative estimate of drug-likeness (QED) is 0.693. The van der Waals surface area contributed by atoms with Crippen LogP contribution in [0.1, 0.15) is 11.1 Å². The third-order valence-corrected chi connectivity index (χ3v) is 4.17.